The van der Waals surface area contributed by atoms with Gasteiger partial charge in [0.2, 0.25) is 0 Å². The monoisotopic (exact) mass is 205 g/mol. The Kier molecular flexibility index (Phi) is 3.21. The summed E-state index contributed by atoms with van der Waals surface area (Å²) < 4.78 is 0. The van der Waals surface area contributed by atoms with Gasteiger partial charge in [-0.15, -0.1) is 0 Å². The summed E-state index contributed by atoms with van der Waals surface area (Å²) in [6, 6.07) is 4.08. The van der Waals surface area contributed by atoms with Crippen molar-refractivity contribution >= 4 is 5.82 Å². The Morgan fingerprint density at radius 3 is 2.93 bits per heavy atom. The lowest BCUT2D eigenvalue weighted by Gasteiger charge is -2.22. The van der Waals surface area contributed by atoms with E-state index in [1.165, 1.54) is 12.8 Å². The van der Waals surface area contributed by atoms with Crippen LogP contribution in [0.1, 0.15) is 25.3 Å². The summed E-state index contributed by atoms with van der Waals surface area (Å²) in [5, 5.41) is 0. The summed E-state index contributed by atoms with van der Waals surface area (Å²) >= 11 is 0. The van der Waals surface area contributed by atoms with Crippen LogP contribution in [-0.4, -0.2) is 18.1 Å². The van der Waals surface area contributed by atoms with Gasteiger partial charge in [-0.2, -0.15) is 0 Å². The van der Waals surface area contributed by atoms with Crippen LogP contribution in [0.2, 0.25) is 0 Å². The number of hydrogen-bond donors (Lipinski definition) is 1. The highest BCUT2D eigenvalue weighted by Gasteiger charge is 2.24. The van der Waals surface area contributed by atoms with Crippen molar-refractivity contribution < 1.29 is 0 Å². The summed E-state index contributed by atoms with van der Waals surface area (Å²) in [4.78, 5) is 6.75. The van der Waals surface area contributed by atoms with Crippen molar-refractivity contribution in [3.8, 4) is 0 Å². The molecule has 2 rings (SSSR count). The Labute approximate surface area is 91.3 Å². The fourth-order valence-electron chi connectivity index (χ4n) is 1.76. The maximum Gasteiger partial charge on any atom is 0.128 e. The Morgan fingerprint density at radius 2 is 2.33 bits per heavy atom. The van der Waals surface area contributed by atoms with Crippen molar-refractivity contribution in [1.29, 1.82) is 0 Å². The molecule has 1 fully saturated rings. The first-order valence-corrected chi connectivity index (χ1v) is 5.73. The third-order valence-electron chi connectivity index (χ3n) is 2.93. The van der Waals surface area contributed by atoms with E-state index in [9.17, 15) is 0 Å². The second-order valence-electron chi connectivity index (χ2n) is 4.21. The maximum absolute atomic E-state index is 5.63. The van der Waals surface area contributed by atoms with Crippen LogP contribution in [0.15, 0.2) is 18.3 Å². The van der Waals surface area contributed by atoms with E-state index in [0.29, 0.717) is 6.54 Å². The Morgan fingerprint density at radius 1 is 1.53 bits per heavy atom. The van der Waals surface area contributed by atoms with E-state index in [-0.39, 0.29) is 0 Å². The SMILES string of the molecule is CCN(CC1CC1)c1cc(CN)ccn1. The Balaban J connectivity index is 2.09. The molecule has 3 nitrogen and oxygen atoms in total. The van der Waals surface area contributed by atoms with Gasteiger partial charge in [-0.1, -0.05) is 0 Å². The number of pyridine rings is 1. The number of rotatable bonds is 5. The van der Waals surface area contributed by atoms with E-state index in [2.05, 4.69) is 22.9 Å². The smallest absolute Gasteiger partial charge is 0.128 e. The summed E-state index contributed by atoms with van der Waals surface area (Å²) in [7, 11) is 0. The third kappa shape index (κ3) is 2.69. The van der Waals surface area contributed by atoms with Gasteiger partial charge in [0.1, 0.15) is 5.82 Å². The Hall–Kier alpha value is -1.09. The molecule has 2 N–H and O–H groups in total. The van der Waals surface area contributed by atoms with Gasteiger partial charge in [-0.05, 0) is 43.4 Å². The van der Waals surface area contributed by atoms with Crippen molar-refractivity contribution in [2.45, 2.75) is 26.3 Å². The lowest BCUT2D eigenvalue weighted by atomic mass is 10.2. The number of hydrogen-bond acceptors (Lipinski definition) is 3. The molecule has 0 amide bonds. The molecular weight excluding hydrogens is 186 g/mol. The van der Waals surface area contributed by atoms with Crippen LogP contribution in [0.5, 0.6) is 0 Å². The molecule has 1 aromatic heterocycles. The Bertz CT molecular complexity index is 320. The summed E-state index contributed by atoms with van der Waals surface area (Å²) in [5.41, 5.74) is 6.79. The topological polar surface area (TPSA) is 42.1 Å². The molecule has 0 radical (unpaired) electrons. The molecular formula is C12H19N3. The van der Waals surface area contributed by atoms with Gasteiger partial charge in [0.15, 0.2) is 0 Å². The predicted molar refractivity (Wildman–Crippen MR) is 62.7 cm³/mol. The molecule has 0 spiro atoms. The van der Waals surface area contributed by atoms with Gasteiger partial charge < -0.3 is 10.6 Å². The highest BCUT2D eigenvalue weighted by Crippen LogP contribution is 2.30. The second kappa shape index (κ2) is 4.62. The first-order valence-electron chi connectivity index (χ1n) is 5.73. The van der Waals surface area contributed by atoms with Gasteiger partial charge in [-0.3, -0.25) is 0 Å². The quantitative estimate of drug-likeness (QED) is 0.796. The molecule has 0 aromatic carbocycles. The minimum Gasteiger partial charge on any atom is -0.357 e. The first kappa shape index (κ1) is 10.4. The fraction of sp³-hybridized carbons (Fsp3) is 0.583. The first-order chi connectivity index (χ1) is 7.33. The predicted octanol–water partition coefficient (Wildman–Crippen LogP) is 1.78. The van der Waals surface area contributed by atoms with Crippen LogP contribution in [0, 0.1) is 5.92 Å². The number of nitrogens with zero attached hydrogens (tertiary/aromatic N) is 2. The van der Waals surface area contributed by atoms with Gasteiger partial charge in [0.25, 0.3) is 0 Å². The zero-order valence-electron chi connectivity index (χ0n) is 9.32. The van der Waals surface area contributed by atoms with Gasteiger partial charge in [0.05, 0.1) is 0 Å². The number of nitrogens with two attached hydrogens (primary N) is 1. The van der Waals surface area contributed by atoms with E-state index >= 15 is 0 Å². The van der Waals surface area contributed by atoms with Crippen LogP contribution in [0.3, 0.4) is 0 Å². The number of anilines is 1. The minimum atomic E-state index is 0.594. The summed E-state index contributed by atoms with van der Waals surface area (Å²) in [6.07, 6.45) is 4.62. The zero-order valence-corrected chi connectivity index (χ0v) is 9.32. The molecule has 82 valence electrons. The van der Waals surface area contributed by atoms with Crippen LogP contribution in [0.25, 0.3) is 0 Å². The molecule has 0 bridgehead atoms. The molecule has 0 saturated heterocycles. The molecule has 1 heterocycles. The fourth-order valence-corrected chi connectivity index (χ4v) is 1.76. The molecule has 3 heteroatoms. The van der Waals surface area contributed by atoms with Crippen molar-refractivity contribution in [1.82, 2.24) is 4.98 Å². The van der Waals surface area contributed by atoms with Gasteiger partial charge in [-0.25, -0.2) is 4.98 Å². The third-order valence-corrected chi connectivity index (χ3v) is 2.93. The van der Waals surface area contributed by atoms with Gasteiger partial charge >= 0.3 is 0 Å². The molecule has 1 aromatic rings. The molecule has 1 aliphatic carbocycles. The molecule has 0 atom stereocenters. The average molecular weight is 205 g/mol. The highest BCUT2D eigenvalue weighted by atomic mass is 15.2. The van der Waals surface area contributed by atoms with Crippen molar-refractivity contribution in [3.05, 3.63) is 23.9 Å². The zero-order chi connectivity index (χ0) is 10.7. The van der Waals surface area contributed by atoms with Crippen LogP contribution in [0.4, 0.5) is 5.82 Å². The minimum absolute atomic E-state index is 0.594. The molecule has 1 saturated carbocycles. The van der Waals surface area contributed by atoms with E-state index in [1.54, 1.807) is 0 Å². The van der Waals surface area contributed by atoms with Crippen molar-refractivity contribution in [2.24, 2.45) is 11.7 Å². The van der Waals surface area contributed by atoms with E-state index in [0.717, 1.165) is 30.4 Å². The average Bonchev–Trinajstić information content (AvgIpc) is 3.10. The second-order valence-corrected chi connectivity index (χ2v) is 4.21. The van der Waals surface area contributed by atoms with Crippen molar-refractivity contribution in [2.75, 3.05) is 18.0 Å². The lowest BCUT2D eigenvalue weighted by molar-refractivity contribution is 0.731. The summed E-state index contributed by atoms with van der Waals surface area (Å²) in [5.74, 6) is 1.97. The van der Waals surface area contributed by atoms with E-state index in [1.807, 2.05) is 12.3 Å². The summed E-state index contributed by atoms with van der Waals surface area (Å²) in [6.45, 7) is 4.95. The van der Waals surface area contributed by atoms with E-state index < -0.39 is 0 Å². The molecule has 0 unspecified atom stereocenters. The van der Waals surface area contributed by atoms with Crippen molar-refractivity contribution in [3.63, 3.8) is 0 Å². The largest absolute Gasteiger partial charge is 0.357 e. The standard InChI is InChI=1S/C12H19N3/c1-2-15(9-10-3-4-10)12-7-11(8-13)5-6-14-12/h5-7,10H,2-4,8-9,13H2,1H3. The number of aromatic nitrogens is 1. The molecule has 0 aliphatic heterocycles. The highest BCUT2D eigenvalue weighted by molar-refractivity contribution is 5.41. The van der Waals surface area contributed by atoms with Gasteiger partial charge in [0, 0.05) is 25.8 Å². The molecule has 15 heavy (non-hydrogen) atoms. The van der Waals surface area contributed by atoms with E-state index in [4.69, 9.17) is 5.73 Å². The lowest BCUT2D eigenvalue weighted by Crippen LogP contribution is -2.26. The van der Waals surface area contributed by atoms with Crippen LogP contribution < -0.4 is 10.6 Å². The van der Waals surface area contributed by atoms with Crippen LogP contribution >= 0.6 is 0 Å². The maximum atomic E-state index is 5.63. The molecule has 1 aliphatic rings. The normalized spacial score (nSPS) is 15.3. The van der Waals surface area contributed by atoms with Crippen LogP contribution in [-0.2, 0) is 6.54 Å².